The van der Waals surface area contributed by atoms with Crippen LogP contribution in [0.4, 0.5) is 10.1 Å². The van der Waals surface area contributed by atoms with Gasteiger partial charge in [0, 0.05) is 17.5 Å². The Balaban J connectivity index is 2.40. The Morgan fingerprint density at radius 1 is 1.26 bits per heavy atom. The SMILES string of the molecule is CC(=O)Oc1ccc(-c2cc(Cl)cc(F)c2N)cc1. The first-order valence-corrected chi connectivity index (χ1v) is 5.88. The van der Waals surface area contributed by atoms with Crippen LogP contribution < -0.4 is 10.5 Å². The molecule has 0 unspecified atom stereocenters. The third-order valence-corrected chi connectivity index (χ3v) is 2.74. The average molecular weight is 280 g/mol. The maximum Gasteiger partial charge on any atom is 0.308 e. The van der Waals surface area contributed by atoms with Crippen LogP contribution in [0, 0.1) is 5.82 Å². The topological polar surface area (TPSA) is 52.3 Å². The second-order valence-electron chi connectivity index (χ2n) is 3.97. The van der Waals surface area contributed by atoms with E-state index in [1.165, 1.54) is 6.92 Å². The van der Waals surface area contributed by atoms with Crippen LogP contribution >= 0.6 is 11.6 Å². The summed E-state index contributed by atoms with van der Waals surface area (Å²) < 4.78 is 18.4. The fourth-order valence-electron chi connectivity index (χ4n) is 1.69. The van der Waals surface area contributed by atoms with Gasteiger partial charge in [0.2, 0.25) is 0 Å². The molecule has 0 bridgehead atoms. The van der Waals surface area contributed by atoms with Crippen LogP contribution in [0.2, 0.25) is 5.02 Å². The number of ether oxygens (including phenoxy) is 1. The summed E-state index contributed by atoms with van der Waals surface area (Å²) in [7, 11) is 0. The molecule has 2 aromatic rings. The lowest BCUT2D eigenvalue weighted by atomic mass is 10.0. The average Bonchev–Trinajstić information content (AvgIpc) is 2.34. The molecule has 3 nitrogen and oxygen atoms in total. The molecule has 0 saturated heterocycles. The van der Waals surface area contributed by atoms with Crippen molar-refractivity contribution in [1.82, 2.24) is 0 Å². The summed E-state index contributed by atoms with van der Waals surface area (Å²) >= 11 is 5.81. The van der Waals surface area contributed by atoms with Gasteiger partial charge < -0.3 is 10.5 Å². The number of hydrogen-bond acceptors (Lipinski definition) is 3. The molecule has 2 N–H and O–H groups in total. The zero-order chi connectivity index (χ0) is 14.0. The third-order valence-electron chi connectivity index (χ3n) is 2.52. The minimum Gasteiger partial charge on any atom is -0.427 e. The van der Waals surface area contributed by atoms with Crippen molar-refractivity contribution in [3.05, 3.63) is 47.2 Å². The highest BCUT2D eigenvalue weighted by Crippen LogP contribution is 2.32. The van der Waals surface area contributed by atoms with Crippen molar-refractivity contribution < 1.29 is 13.9 Å². The Kier molecular flexibility index (Phi) is 3.71. The van der Waals surface area contributed by atoms with E-state index in [2.05, 4.69) is 0 Å². The van der Waals surface area contributed by atoms with Gasteiger partial charge in [0.05, 0.1) is 5.69 Å². The Hall–Kier alpha value is -2.07. The van der Waals surface area contributed by atoms with Gasteiger partial charge in [-0.15, -0.1) is 0 Å². The summed E-state index contributed by atoms with van der Waals surface area (Å²) in [6.45, 7) is 1.32. The number of benzene rings is 2. The number of nitrogen functional groups attached to an aromatic ring is 1. The molecule has 0 aliphatic rings. The number of hydrogen-bond donors (Lipinski definition) is 1. The van der Waals surface area contributed by atoms with Crippen molar-refractivity contribution in [2.45, 2.75) is 6.92 Å². The highest BCUT2D eigenvalue weighted by atomic mass is 35.5. The lowest BCUT2D eigenvalue weighted by Crippen LogP contribution is -2.01. The zero-order valence-corrected chi connectivity index (χ0v) is 10.9. The quantitative estimate of drug-likeness (QED) is 0.518. The predicted molar refractivity (Wildman–Crippen MR) is 72.6 cm³/mol. The van der Waals surface area contributed by atoms with Crippen molar-refractivity contribution in [2.24, 2.45) is 0 Å². The molecule has 0 aliphatic carbocycles. The molecular weight excluding hydrogens is 269 g/mol. The number of esters is 1. The van der Waals surface area contributed by atoms with Crippen molar-refractivity contribution >= 4 is 23.3 Å². The van der Waals surface area contributed by atoms with Gasteiger partial charge in [0.1, 0.15) is 11.6 Å². The molecule has 2 rings (SSSR count). The lowest BCUT2D eigenvalue weighted by molar-refractivity contribution is -0.131. The smallest absolute Gasteiger partial charge is 0.308 e. The molecule has 0 aromatic heterocycles. The van der Waals surface area contributed by atoms with Crippen LogP contribution in [-0.4, -0.2) is 5.97 Å². The maximum atomic E-state index is 13.5. The number of rotatable bonds is 2. The summed E-state index contributed by atoms with van der Waals surface area (Å²) in [5.74, 6) is -0.551. The Labute approximate surface area is 114 Å². The Morgan fingerprint density at radius 2 is 1.89 bits per heavy atom. The molecule has 0 radical (unpaired) electrons. The standard InChI is InChI=1S/C14H11ClFNO2/c1-8(18)19-11-4-2-9(3-5-11)12-6-10(15)7-13(16)14(12)17/h2-7H,17H2,1H3. The van der Waals surface area contributed by atoms with Gasteiger partial charge in [-0.25, -0.2) is 4.39 Å². The third kappa shape index (κ3) is 3.03. The largest absolute Gasteiger partial charge is 0.427 e. The van der Waals surface area contributed by atoms with Crippen LogP contribution in [-0.2, 0) is 4.79 Å². The molecule has 0 spiro atoms. The van der Waals surface area contributed by atoms with Crippen LogP contribution in [0.1, 0.15) is 6.92 Å². The second kappa shape index (κ2) is 5.28. The van der Waals surface area contributed by atoms with Crippen molar-refractivity contribution in [3.8, 4) is 16.9 Å². The zero-order valence-electron chi connectivity index (χ0n) is 10.1. The Morgan fingerprint density at radius 3 is 2.47 bits per heavy atom. The summed E-state index contributed by atoms with van der Waals surface area (Å²) in [5, 5.41) is 0.269. The lowest BCUT2D eigenvalue weighted by Gasteiger charge is -2.08. The summed E-state index contributed by atoms with van der Waals surface area (Å²) in [6.07, 6.45) is 0. The number of halogens is 2. The van der Waals surface area contributed by atoms with E-state index < -0.39 is 11.8 Å². The van der Waals surface area contributed by atoms with Gasteiger partial charge in [0.25, 0.3) is 0 Å². The molecule has 98 valence electrons. The monoisotopic (exact) mass is 279 g/mol. The summed E-state index contributed by atoms with van der Waals surface area (Å²) in [6, 6.07) is 9.32. The first-order chi connectivity index (χ1) is 8.97. The van der Waals surface area contributed by atoms with Gasteiger partial charge in [-0.1, -0.05) is 23.7 Å². The summed E-state index contributed by atoms with van der Waals surface area (Å²) in [4.78, 5) is 10.8. The van der Waals surface area contributed by atoms with E-state index >= 15 is 0 Å². The molecule has 0 saturated carbocycles. The minimum absolute atomic E-state index is 0.0321. The molecule has 0 aliphatic heterocycles. The van der Waals surface area contributed by atoms with Gasteiger partial charge in [-0.2, -0.15) is 0 Å². The first kappa shape index (κ1) is 13.4. The van der Waals surface area contributed by atoms with Gasteiger partial charge in [-0.05, 0) is 29.8 Å². The molecule has 19 heavy (non-hydrogen) atoms. The summed E-state index contributed by atoms with van der Waals surface area (Å²) in [5.41, 5.74) is 6.90. The molecule has 0 heterocycles. The highest BCUT2D eigenvalue weighted by molar-refractivity contribution is 6.31. The van der Waals surface area contributed by atoms with Crippen LogP contribution in [0.25, 0.3) is 11.1 Å². The first-order valence-electron chi connectivity index (χ1n) is 5.51. The highest BCUT2D eigenvalue weighted by Gasteiger charge is 2.09. The van der Waals surface area contributed by atoms with E-state index in [9.17, 15) is 9.18 Å². The van der Waals surface area contributed by atoms with E-state index in [0.29, 0.717) is 16.9 Å². The number of carbonyl (C=O) groups excluding carboxylic acids is 1. The molecule has 0 fully saturated rings. The van der Waals surface area contributed by atoms with Crippen LogP contribution in [0.3, 0.4) is 0 Å². The fraction of sp³-hybridized carbons (Fsp3) is 0.0714. The van der Waals surface area contributed by atoms with Gasteiger partial charge in [0.15, 0.2) is 0 Å². The molecular formula is C14H11ClFNO2. The van der Waals surface area contributed by atoms with Crippen LogP contribution in [0.15, 0.2) is 36.4 Å². The van der Waals surface area contributed by atoms with Crippen LogP contribution in [0.5, 0.6) is 5.75 Å². The normalized spacial score (nSPS) is 10.3. The Bertz CT molecular complexity index is 626. The van der Waals surface area contributed by atoms with Crippen molar-refractivity contribution in [1.29, 1.82) is 0 Å². The van der Waals surface area contributed by atoms with Gasteiger partial charge >= 0.3 is 5.97 Å². The predicted octanol–water partition coefficient (Wildman–Crippen LogP) is 3.65. The molecule has 0 amide bonds. The van der Waals surface area contributed by atoms with E-state index in [0.717, 1.165) is 6.07 Å². The number of anilines is 1. The van der Waals surface area contributed by atoms with E-state index in [-0.39, 0.29) is 10.7 Å². The molecule has 2 aromatic carbocycles. The minimum atomic E-state index is -0.563. The number of nitrogens with two attached hydrogens (primary N) is 1. The molecule has 0 atom stereocenters. The fourth-order valence-corrected chi connectivity index (χ4v) is 1.90. The second-order valence-corrected chi connectivity index (χ2v) is 4.40. The number of carbonyl (C=O) groups is 1. The molecule has 5 heteroatoms. The van der Waals surface area contributed by atoms with Crippen molar-refractivity contribution in [3.63, 3.8) is 0 Å². The maximum absolute atomic E-state index is 13.5. The van der Waals surface area contributed by atoms with E-state index in [1.54, 1.807) is 30.3 Å². The van der Waals surface area contributed by atoms with E-state index in [4.69, 9.17) is 22.1 Å². The van der Waals surface area contributed by atoms with E-state index in [1.807, 2.05) is 0 Å². The van der Waals surface area contributed by atoms with Crippen molar-refractivity contribution in [2.75, 3.05) is 5.73 Å². The van der Waals surface area contributed by atoms with Gasteiger partial charge in [-0.3, -0.25) is 4.79 Å².